The van der Waals surface area contributed by atoms with Crippen LogP contribution in [0.2, 0.25) is 0 Å². The summed E-state index contributed by atoms with van der Waals surface area (Å²) in [6, 6.07) is 3.56. The van der Waals surface area contributed by atoms with Crippen LogP contribution in [0.4, 0.5) is 0 Å². The summed E-state index contributed by atoms with van der Waals surface area (Å²) in [5.74, 6) is 0.112. The molecular weight excluding hydrogens is 128 g/mol. The van der Waals surface area contributed by atoms with E-state index in [2.05, 4.69) is 10.2 Å². The molecule has 0 atom stereocenters. The summed E-state index contributed by atoms with van der Waals surface area (Å²) in [6.07, 6.45) is 1.97. The quantitative estimate of drug-likeness (QED) is 0.598. The van der Waals surface area contributed by atoms with E-state index in [4.69, 9.17) is 0 Å². The average Bonchev–Trinajstić information content (AvgIpc) is 1.88. The Labute approximate surface area is 59.1 Å². The number of carbonyl (C=O) groups excluding carboxylic acids is 1. The zero-order valence-electron chi connectivity index (χ0n) is 5.74. The van der Waals surface area contributed by atoms with Gasteiger partial charge >= 0.3 is 0 Å². The second-order valence-corrected chi connectivity index (χ2v) is 2.09. The lowest BCUT2D eigenvalue weighted by Crippen LogP contribution is -1.99. The van der Waals surface area contributed by atoms with Gasteiger partial charge in [0.05, 0.1) is 12.1 Å². The highest BCUT2D eigenvalue weighted by Crippen LogP contribution is 1.92. The van der Waals surface area contributed by atoms with Gasteiger partial charge in [0, 0.05) is 6.20 Å². The van der Waals surface area contributed by atoms with Gasteiger partial charge in [-0.05, 0) is 19.1 Å². The number of hydrogen-bond donors (Lipinski definition) is 0. The Morgan fingerprint density at radius 2 is 2.50 bits per heavy atom. The first kappa shape index (κ1) is 6.86. The van der Waals surface area contributed by atoms with Crippen LogP contribution in [0.5, 0.6) is 0 Å². The molecule has 0 unspecified atom stereocenters. The molecule has 1 aromatic heterocycles. The van der Waals surface area contributed by atoms with Crippen LogP contribution in [0.3, 0.4) is 0 Å². The van der Waals surface area contributed by atoms with Crippen LogP contribution in [-0.4, -0.2) is 16.0 Å². The molecule has 0 aliphatic carbocycles. The molecule has 0 radical (unpaired) electrons. The topological polar surface area (TPSA) is 42.9 Å². The molecule has 0 aliphatic rings. The third-order valence-corrected chi connectivity index (χ3v) is 1.06. The first-order chi connectivity index (χ1) is 4.79. The highest BCUT2D eigenvalue weighted by atomic mass is 16.1. The number of rotatable bonds is 2. The van der Waals surface area contributed by atoms with Crippen molar-refractivity contribution in [2.24, 2.45) is 0 Å². The third-order valence-electron chi connectivity index (χ3n) is 1.06. The molecule has 52 valence electrons. The van der Waals surface area contributed by atoms with Gasteiger partial charge in [-0.15, -0.1) is 0 Å². The van der Waals surface area contributed by atoms with E-state index in [0.29, 0.717) is 6.42 Å². The summed E-state index contributed by atoms with van der Waals surface area (Å²) < 4.78 is 0. The molecule has 3 heteroatoms. The predicted molar refractivity (Wildman–Crippen MR) is 36.4 cm³/mol. The van der Waals surface area contributed by atoms with Gasteiger partial charge in [0.15, 0.2) is 0 Å². The second-order valence-electron chi connectivity index (χ2n) is 2.09. The molecule has 0 fully saturated rings. The lowest BCUT2D eigenvalue weighted by Gasteiger charge is -1.91. The Morgan fingerprint density at radius 1 is 1.70 bits per heavy atom. The van der Waals surface area contributed by atoms with Crippen molar-refractivity contribution in [2.45, 2.75) is 13.3 Å². The van der Waals surface area contributed by atoms with Gasteiger partial charge < -0.3 is 0 Å². The Morgan fingerprint density at radius 3 is 3.00 bits per heavy atom. The van der Waals surface area contributed by atoms with E-state index in [1.807, 2.05) is 0 Å². The predicted octanol–water partition coefficient (Wildman–Crippen LogP) is 0.608. The fraction of sp³-hybridized carbons (Fsp3) is 0.286. The molecule has 0 spiro atoms. The van der Waals surface area contributed by atoms with Gasteiger partial charge in [-0.3, -0.25) is 4.79 Å². The molecule has 3 nitrogen and oxygen atoms in total. The maximum atomic E-state index is 10.5. The summed E-state index contributed by atoms with van der Waals surface area (Å²) in [5, 5.41) is 7.38. The van der Waals surface area contributed by atoms with Gasteiger partial charge in [-0.2, -0.15) is 10.2 Å². The zero-order chi connectivity index (χ0) is 7.40. The van der Waals surface area contributed by atoms with E-state index < -0.39 is 0 Å². The van der Waals surface area contributed by atoms with Crippen molar-refractivity contribution in [3.63, 3.8) is 0 Å². The van der Waals surface area contributed by atoms with Crippen molar-refractivity contribution in [3.05, 3.63) is 24.0 Å². The number of Topliss-reactive ketones (excluding diaryl/α,β-unsaturated/α-hetero) is 1. The van der Waals surface area contributed by atoms with Gasteiger partial charge in [0.25, 0.3) is 0 Å². The lowest BCUT2D eigenvalue weighted by atomic mass is 10.2. The Hall–Kier alpha value is -1.25. The minimum absolute atomic E-state index is 0.112. The van der Waals surface area contributed by atoms with Crippen LogP contribution >= 0.6 is 0 Å². The maximum absolute atomic E-state index is 10.5. The SMILES string of the molecule is CC(=O)Cc1cccnn1. The van der Waals surface area contributed by atoms with Crippen LogP contribution in [0, 0.1) is 0 Å². The number of aromatic nitrogens is 2. The fourth-order valence-electron chi connectivity index (χ4n) is 0.683. The summed E-state index contributed by atoms with van der Waals surface area (Å²) in [7, 11) is 0. The molecule has 1 rings (SSSR count). The summed E-state index contributed by atoms with van der Waals surface area (Å²) >= 11 is 0. The minimum atomic E-state index is 0.112. The zero-order valence-corrected chi connectivity index (χ0v) is 5.74. The first-order valence-corrected chi connectivity index (χ1v) is 3.05. The van der Waals surface area contributed by atoms with Crippen LogP contribution in [0.1, 0.15) is 12.6 Å². The molecule has 10 heavy (non-hydrogen) atoms. The third kappa shape index (κ3) is 1.93. The van der Waals surface area contributed by atoms with E-state index in [9.17, 15) is 4.79 Å². The van der Waals surface area contributed by atoms with Gasteiger partial charge in [0.2, 0.25) is 0 Å². The molecule has 1 aromatic rings. The molecule has 0 bridgehead atoms. The highest BCUT2D eigenvalue weighted by Gasteiger charge is 1.96. The summed E-state index contributed by atoms with van der Waals surface area (Å²) in [5.41, 5.74) is 0.731. The van der Waals surface area contributed by atoms with Crippen LogP contribution in [0.25, 0.3) is 0 Å². The van der Waals surface area contributed by atoms with Gasteiger partial charge in [0.1, 0.15) is 5.78 Å². The van der Waals surface area contributed by atoms with Crippen LogP contribution in [-0.2, 0) is 11.2 Å². The summed E-state index contributed by atoms with van der Waals surface area (Å²) in [6.45, 7) is 1.54. The van der Waals surface area contributed by atoms with Crippen molar-refractivity contribution in [1.82, 2.24) is 10.2 Å². The van der Waals surface area contributed by atoms with Crippen molar-refractivity contribution in [1.29, 1.82) is 0 Å². The number of carbonyl (C=O) groups is 1. The molecule has 1 heterocycles. The van der Waals surface area contributed by atoms with E-state index in [-0.39, 0.29) is 5.78 Å². The van der Waals surface area contributed by atoms with Gasteiger partial charge in [-0.1, -0.05) is 0 Å². The minimum Gasteiger partial charge on any atom is -0.300 e. The number of nitrogens with zero attached hydrogens (tertiary/aromatic N) is 2. The second kappa shape index (κ2) is 3.06. The Bertz CT molecular complexity index is 220. The Balaban J connectivity index is 2.67. The number of hydrogen-bond acceptors (Lipinski definition) is 3. The monoisotopic (exact) mass is 136 g/mol. The van der Waals surface area contributed by atoms with E-state index in [0.717, 1.165) is 5.69 Å². The van der Waals surface area contributed by atoms with Crippen molar-refractivity contribution < 1.29 is 4.79 Å². The van der Waals surface area contributed by atoms with Crippen molar-refractivity contribution in [2.75, 3.05) is 0 Å². The number of ketones is 1. The average molecular weight is 136 g/mol. The van der Waals surface area contributed by atoms with E-state index in [1.165, 1.54) is 6.92 Å². The molecule has 0 saturated heterocycles. The van der Waals surface area contributed by atoms with Crippen molar-refractivity contribution in [3.8, 4) is 0 Å². The normalized spacial score (nSPS) is 9.30. The largest absolute Gasteiger partial charge is 0.300 e. The van der Waals surface area contributed by atoms with Crippen LogP contribution < -0.4 is 0 Å². The lowest BCUT2D eigenvalue weighted by molar-refractivity contribution is -0.116. The maximum Gasteiger partial charge on any atom is 0.135 e. The smallest absolute Gasteiger partial charge is 0.135 e. The molecule has 0 N–H and O–H groups in total. The molecule has 0 aliphatic heterocycles. The van der Waals surface area contributed by atoms with Gasteiger partial charge in [-0.25, -0.2) is 0 Å². The molecule has 0 amide bonds. The van der Waals surface area contributed by atoms with E-state index >= 15 is 0 Å². The molecule has 0 saturated carbocycles. The summed E-state index contributed by atoms with van der Waals surface area (Å²) in [4.78, 5) is 10.5. The molecular formula is C7H8N2O. The Kier molecular flexibility index (Phi) is 2.10. The van der Waals surface area contributed by atoms with E-state index in [1.54, 1.807) is 18.3 Å². The first-order valence-electron chi connectivity index (χ1n) is 3.05. The standard InChI is InChI=1S/C7H8N2O/c1-6(10)5-7-3-2-4-8-9-7/h2-4H,5H2,1H3. The fourth-order valence-corrected chi connectivity index (χ4v) is 0.683. The van der Waals surface area contributed by atoms with Crippen molar-refractivity contribution >= 4 is 5.78 Å². The van der Waals surface area contributed by atoms with Crippen LogP contribution in [0.15, 0.2) is 18.3 Å². The highest BCUT2D eigenvalue weighted by molar-refractivity contribution is 5.77. The molecule has 0 aromatic carbocycles.